The Balaban J connectivity index is 2.29. The molecule has 1 aromatic carbocycles. The van der Waals surface area contributed by atoms with E-state index in [-0.39, 0.29) is 11.7 Å². The molecule has 0 aliphatic carbocycles. The zero-order chi connectivity index (χ0) is 14.5. The molecule has 4 N–H and O–H groups in total. The fourth-order valence-electron chi connectivity index (χ4n) is 1.88. The number of para-hydroxylation sites is 1. The molecule has 0 saturated heterocycles. The van der Waals surface area contributed by atoms with E-state index in [0.717, 1.165) is 0 Å². The molecule has 0 saturated carbocycles. The number of hydrogen-bond acceptors (Lipinski definition) is 4. The zero-order valence-electron chi connectivity index (χ0n) is 11.0. The van der Waals surface area contributed by atoms with Gasteiger partial charge in [-0.15, -0.1) is 0 Å². The fraction of sp³-hybridized carbons (Fsp3) is 0.143. The van der Waals surface area contributed by atoms with E-state index in [4.69, 9.17) is 15.4 Å². The fourth-order valence-corrected chi connectivity index (χ4v) is 1.88. The van der Waals surface area contributed by atoms with E-state index in [1.54, 1.807) is 30.3 Å². The lowest BCUT2D eigenvalue weighted by Crippen LogP contribution is -2.19. The highest BCUT2D eigenvalue weighted by molar-refractivity contribution is 6.10. The molecule has 0 unspecified atom stereocenters. The van der Waals surface area contributed by atoms with Crippen molar-refractivity contribution in [1.82, 2.24) is 0 Å². The van der Waals surface area contributed by atoms with Crippen molar-refractivity contribution in [3.8, 4) is 0 Å². The molecular formula is C14H15N3O3. The Morgan fingerprint density at radius 1 is 1.35 bits per heavy atom. The number of oxime groups is 1. The third kappa shape index (κ3) is 2.64. The minimum atomic E-state index is -0.297. The van der Waals surface area contributed by atoms with Crippen LogP contribution in [-0.4, -0.2) is 17.0 Å². The van der Waals surface area contributed by atoms with E-state index < -0.39 is 0 Å². The highest BCUT2D eigenvalue weighted by atomic mass is 16.4. The van der Waals surface area contributed by atoms with Crippen molar-refractivity contribution in [2.45, 2.75) is 13.3 Å². The molecule has 6 heteroatoms. The van der Waals surface area contributed by atoms with Crippen molar-refractivity contribution < 1.29 is 14.4 Å². The van der Waals surface area contributed by atoms with Crippen LogP contribution in [0.15, 0.2) is 46.2 Å². The molecule has 1 amide bonds. The molecule has 0 radical (unpaired) electrons. The number of hydrogen-bond donors (Lipinski definition) is 3. The average molecular weight is 273 g/mol. The molecule has 0 spiro atoms. The molecular weight excluding hydrogens is 258 g/mol. The number of rotatable bonds is 4. The van der Waals surface area contributed by atoms with Gasteiger partial charge in [0.1, 0.15) is 5.76 Å². The predicted molar refractivity (Wildman–Crippen MR) is 75.0 cm³/mol. The summed E-state index contributed by atoms with van der Waals surface area (Å²) in [6.07, 6.45) is 2.10. The summed E-state index contributed by atoms with van der Waals surface area (Å²) in [6, 6.07) is 8.43. The van der Waals surface area contributed by atoms with Gasteiger partial charge < -0.3 is 20.7 Å². The van der Waals surface area contributed by atoms with E-state index in [0.29, 0.717) is 29.0 Å². The van der Waals surface area contributed by atoms with Crippen LogP contribution in [0.25, 0.3) is 0 Å². The van der Waals surface area contributed by atoms with Crippen LogP contribution < -0.4 is 11.1 Å². The largest absolute Gasteiger partial charge is 0.469 e. The summed E-state index contributed by atoms with van der Waals surface area (Å²) in [7, 11) is 0. The van der Waals surface area contributed by atoms with Crippen LogP contribution >= 0.6 is 0 Å². The number of carbonyl (C=O) groups is 1. The number of carbonyl (C=O) groups excluding carboxylic acids is 1. The maximum atomic E-state index is 12.2. The summed E-state index contributed by atoms with van der Waals surface area (Å²) >= 11 is 0. The van der Waals surface area contributed by atoms with Gasteiger partial charge in [0.2, 0.25) is 0 Å². The average Bonchev–Trinajstić information content (AvgIpc) is 2.95. The van der Waals surface area contributed by atoms with Crippen LogP contribution in [0.4, 0.5) is 5.69 Å². The van der Waals surface area contributed by atoms with Crippen molar-refractivity contribution in [1.29, 1.82) is 0 Å². The lowest BCUT2D eigenvalue weighted by Gasteiger charge is -2.09. The van der Waals surface area contributed by atoms with Crippen molar-refractivity contribution in [2.75, 3.05) is 5.32 Å². The van der Waals surface area contributed by atoms with Gasteiger partial charge in [-0.3, -0.25) is 4.79 Å². The van der Waals surface area contributed by atoms with Gasteiger partial charge in [0.05, 0.1) is 17.5 Å². The van der Waals surface area contributed by atoms with E-state index in [9.17, 15) is 4.79 Å². The standard InChI is InChI=1S/C14H15N3O3/c1-2-12-10(7-8-20-12)14(18)16-11-6-4-3-5-9(11)13(15)17-19/h3-8,19H,2H2,1H3,(H2,15,17)(H,16,18). The Morgan fingerprint density at radius 2 is 2.10 bits per heavy atom. The number of amidine groups is 1. The molecule has 2 rings (SSSR count). The van der Waals surface area contributed by atoms with Crippen LogP contribution in [0, 0.1) is 0 Å². The Labute approximate surface area is 115 Å². The van der Waals surface area contributed by atoms with Crippen molar-refractivity contribution in [3.05, 3.63) is 53.5 Å². The lowest BCUT2D eigenvalue weighted by atomic mass is 10.1. The highest BCUT2D eigenvalue weighted by Gasteiger charge is 2.15. The first-order valence-corrected chi connectivity index (χ1v) is 6.12. The van der Waals surface area contributed by atoms with E-state index in [1.165, 1.54) is 6.26 Å². The van der Waals surface area contributed by atoms with Gasteiger partial charge >= 0.3 is 0 Å². The summed E-state index contributed by atoms with van der Waals surface area (Å²) in [5, 5.41) is 14.4. The SMILES string of the molecule is CCc1occc1C(=O)Nc1ccccc1/C(N)=N/O. The number of nitrogens with two attached hydrogens (primary N) is 1. The number of furan rings is 1. The smallest absolute Gasteiger partial charge is 0.259 e. The summed E-state index contributed by atoms with van der Waals surface area (Å²) in [6.45, 7) is 1.90. The summed E-state index contributed by atoms with van der Waals surface area (Å²) < 4.78 is 5.22. The van der Waals surface area contributed by atoms with E-state index in [1.807, 2.05) is 6.92 Å². The summed E-state index contributed by atoms with van der Waals surface area (Å²) in [4.78, 5) is 12.2. The Morgan fingerprint density at radius 3 is 2.80 bits per heavy atom. The topological polar surface area (TPSA) is 101 Å². The molecule has 0 aliphatic heterocycles. The van der Waals surface area contributed by atoms with E-state index in [2.05, 4.69) is 10.5 Å². The number of benzene rings is 1. The highest BCUT2D eigenvalue weighted by Crippen LogP contribution is 2.18. The van der Waals surface area contributed by atoms with Crippen LogP contribution in [-0.2, 0) is 6.42 Å². The monoisotopic (exact) mass is 273 g/mol. The molecule has 1 aromatic heterocycles. The molecule has 0 atom stereocenters. The number of amides is 1. The van der Waals surface area contributed by atoms with Gasteiger partial charge in [-0.25, -0.2) is 0 Å². The summed E-state index contributed by atoms with van der Waals surface area (Å²) in [5.41, 5.74) is 6.97. The van der Waals surface area contributed by atoms with Crippen LogP contribution in [0.3, 0.4) is 0 Å². The van der Waals surface area contributed by atoms with Gasteiger partial charge in [-0.2, -0.15) is 0 Å². The first-order chi connectivity index (χ1) is 9.67. The van der Waals surface area contributed by atoms with Gasteiger partial charge in [-0.1, -0.05) is 24.2 Å². The second kappa shape index (κ2) is 5.92. The molecule has 0 aliphatic rings. The minimum absolute atomic E-state index is 0.0659. The summed E-state index contributed by atoms with van der Waals surface area (Å²) in [5.74, 6) is 0.251. The van der Waals surface area contributed by atoms with Crippen LogP contribution in [0.2, 0.25) is 0 Å². The molecule has 0 fully saturated rings. The zero-order valence-corrected chi connectivity index (χ0v) is 11.0. The Kier molecular flexibility index (Phi) is 4.05. The molecule has 2 aromatic rings. The second-order valence-electron chi connectivity index (χ2n) is 4.10. The minimum Gasteiger partial charge on any atom is -0.469 e. The maximum Gasteiger partial charge on any atom is 0.259 e. The van der Waals surface area contributed by atoms with E-state index >= 15 is 0 Å². The third-order valence-corrected chi connectivity index (χ3v) is 2.87. The first kappa shape index (κ1) is 13.7. The number of aryl methyl sites for hydroxylation is 1. The Hall–Kier alpha value is -2.76. The molecule has 1 heterocycles. The first-order valence-electron chi connectivity index (χ1n) is 6.12. The molecule has 104 valence electrons. The predicted octanol–water partition coefficient (Wildman–Crippen LogP) is 2.19. The number of nitrogens with one attached hydrogen (secondary N) is 1. The Bertz CT molecular complexity index is 647. The van der Waals surface area contributed by atoms with Crippen molar-refractivity contribution in [3.63, 3.8) is 0 Å². The van der Waals surface area contributed by atoms with Crippen molar-refractivity contribution in [2.24, 2.45) is 10.9 Å². The number of anilines is 1. The van der Waals surface area contributed by atoms with Gasteiger partial charge in [-0.05, 0) is 18.2 Å². The quantitative estimate of drug-likeness (QED) is 0.344. The lowest BCUT2D eigenvalue weighted by molar-refractivity contribution is 0.102. The molecule has 0 bridgehead atoms. The van der Waals surface area contributed by atoms with Crippen LogP contribution in [0.1, 0.15) is 28.6 Å². The second-order valence-corrected chi connectivity index (χ2v) is 4.10. The van der Waals surface area contributed by atoms with Crippen molar-refractivity contribution >= 4 is 17.4 Å². The molecule has 6 nitrogen and oxygen atoms in total. The van der Waals surface area contributed by atoms with Gasteiger partial charge in [0.25, 0.3) is 5.91 Å². The van der Waals surface area contributed by atoms with Gasteiger partial charge in [0.15, 0.2) is 5.84 Å². The third-order valence-electron chi connectivity index (χ3n) is 2.87. The molecule has 20 heavy (non-hydrogen) atoms. The maximum absolute atomic E-state index is 12.2. The van der Waals surface area contributed by atoms with Gasteiger partial charge in [0, 0.05) is 12.0 Å². The number of nitrogens with zero attached hydrogens (tertiary/aromatic N) is 1. The van der Waals surface area contributed by atoms with Crippen LogP contribution in [0.5, 0.6) is 0 Å². The normalized spacial score (nSPS) is 11.3.